The third kappa shape index (κ3) is 2.75. The first-order valence-electron chi connectivity index (χ1n) is 6.07. The summed E-state index contributed by atoms with van der Waals surface area (Å²) in [5, 5.41) is 7.20. The molecule has 0 unspecified atom stereocenters. The van der Waals surface area contributed by atoms with Gasteiger partial charge in [-0.15, -0.1) is 0 Å². The zero-order chi connectivity index (χ0) is 13.3. The number of nitrogen functional groups attached to an aromatic ring is 1. The van der Waals surface area contributed by atoms with Crippen molar-refractivity contribution in [2.24, 2.45) is 5.92 Å². The van der Waals surface area contributed by atoms with Gasteiger partial charge in [0.25, 0.3) is 0 Å². The van der Waals surface area contributed by atoms with Gasteiger partial charge in [0.1, 0.15) is 5.82 Å². The van der Waals surface area contributed by atoms with Crippen molar-refractivity contribution < 1.29 is 0 Å². The first kappa shape index (κ1) is 13.1. The molecule has 0 atom stereocenters. The Morgan fingerprint density at radius 1 is 1.33 bits per heavy atom. The van der Waals surface area contributed by atoms with Gasteiger partial charge in [-0.2, -0.15) is 5.10 Å². The van der Waals surface area contributed by atoms with Crippen molar-refractivity contribution in [3.8, 4) is 11.3 Å². The molecule has 0 saturated heterocycles. The molecule has 0 amide bonds. The van der Waals surface area contributed by atoms with Crippen LogP contribution in [0.3, 0.4) is 0 Å². The van der Waals surface area contributed by atoms with Gasteiger partial charge in [0.05, 0.1) is 5.69 Å². The highest BCUT2D eigenvalue weighted by molar-refractivity contribution is 9.10. The number of rotatable bonds is 3. The molecule has 1 heterocycles. The second-order valence-corrected chi connectivity index (χ2v) is 5.99. The average molecular weight is 308 g/mol. The molecule has 0 saturated carbocycles. The zero-order valence-electron chi connectivity index (χ0n) is 10.9. The number of H-pyrrole nitrogens is 1. The van der Waals surface area contributed by atoms with Crippen molar-refractivity contribution in [3.05, 3.63) is 33.8 Å². The van der Waals surface area contributed by atoms with Gasteiger partial charge in [-0.3, -0.25) is 5.10 Å². The Bertz CT molecular complexity index is 538. The molecule has 0 aliphatic heterocycles. The normalized spacial score (nSPS) is 11.2. The number of hydrogen-bond acceptors (Lipinski definition) is 2. The van der Waals surface area contributed by atoms with Crippen LogP contribution < -0.4 is 5.73 Å². The van der Waals surface area contributed by atoms with E-state index in [0.717, 1.165) is 27.7 Å². The number of aromatic amines is 1. The third-order valence-corrected chi connectivity index (χ3v) is 3.30. The van der Waals surface area contributed by atoms with E-state index in [1.165, 1.54) is 5.56 Å². The van der Waals surface area contributed by atoms with Crippen molar-refractivity contribution in [1.82, 2.24) is 10.2 Å². The summed E-state index contributed by atoms with van der Waals surface area (Å²) >= 11 is 3.53. The number of benzene rings is 1. The van der Waals surface area contributed by atoms with E-state index >= 15 is 0 Å². The van der Waals surface area contributed by atoms with Gasteiger partial charge >= 0.3 is 0 Å². The molecule has 0 aliphatic rings. The van der Waals surface area contributed by atoms with Gasteiger partial charge in [-0.25, -0.2) is 0 Å². The van der Waals surface area contributed by atoms with Crippen molar-refractivity contribution in [3.63, 3.8) is 0 Å². The van der Waals surface area contributed by atoms with E-state index in [9.17, 15) is 0 Å². The van der Waals surface area contributed by atoms with E-state index in [2.05, 4.69) is 65.1 Å². The maximum absolute atomic E-state index is 5.95. The standard InChI is InChI=1S/C14H18BrN3/c1-8(2)4-12-13(17-18-14(12)16)10-5-9(3)6-11(15)7-10/h5-8H,4H2,1-3H3,(H3,16,17,18). The first-order chi connectivity index (χ1) is 8.47. The minimum absolute atomic E-state index is 0.553. The Hall–Kier alpha value is -1.29. The smallest absolute Gasteiger partial charge is 0.149 e. The molecule has 0 aliphatic carbocycles. The molecule has 3 N–H and O–H groups in total. The van der Waals surface area contributed by atoms with Crippen LogP contribution in [0.1, 0.15) is 25.0 Å². The largest absolute Gasteiger partial charge is 0.382 e. The van der Waals surface area contributed by atoms with E-state index < -0.39 is 0 Å². The quantitative estimate of drug-likeness (QED) is 0.902. The molecule has 3 nitrogen and oxygen atoms in total. The number of anilines is 1. The lowest BCUT2D eigenvalue weighted by Gasteiger charge is -2.08. The molecule has 0 radical (unpaired) electrons. The number of nitrogens with zero attached hydrogens (tertiary/aromatic N) is 1. The maximum atomic E-state index is 5.95. The minimum atomic E-state index is 0.553. The van der Waals surface area contributed by atoms with Crippen molar-refractivity contribution in [1.29, 1.82) is 0 Å². The van der Waals surface area contributed by atoms with Crippen LogP contribution in [-0.2, 0) is 6.42 Å². The Morgan fingerprint density at radius 2 is 2.06 bits per heavy atom. The zero-order valence-corrected chi connectivity index (χ0v) is 12.5. The molecule has 96 valence electrons. The molecule has 0 spiro atoms. The van der Waals surface area contributed by atoms with Gasteiger partial charge < -0.3 is 5.73 Å². The summed E-state index contributed by atoms with van der Waals surface area (Å²) in [5.74, 6) is 1.16. The Kier molecular flexibility index (Phi) is 3.76. The summed E-state index contributed by atoms with van der Waals surface area (Å²) in [4.78, 5) is 0. The van der Waals surface area contributed by atoms with Crippen molar-refractivity contribution in [2.45, 2.75) is 27.2 Å². The topological polar surface area (TPSA) is 54.7 Å². The second kappa shape index (κ2) is 5.14. The highest BCUT2D eigenvalue weighted by atomic mass is 79.9. The fourth-order valence-electron chi connectivity index (χ4n) is 2.11. The summed E-state index contributed by atoms with van der Waals surface area (Å²) in [6.07, 6.45) is 0.934. The van der Waals surface area contributed by atoms with Crippen LogP contribution in [-0.4, -0.2) is 10.2 Å². The molecule has 0 fully saturated rings. The lowest BCUT2D eigenvalue weighted by molar-refractivity contribution is 0.649. The molecule has 18 heavy (non-hydrogen) atoms. The number of hydrogen-bond donors (Lipinski definition) is 2. The Morgan fingerprint density at radius 3 is 2.67 bits per heavy atom. The van der Waals surface area contributed by atoms with Crippen molar-refractivity contribution in [2.75, 3.05) is 5.73 Å². The molecule has 1 aromatic carbocycles. The van der Waals surface area contributed by atoms with E-state index in [0.29, 0.717) is 11.7 Å². The SMILES string of the molecule is Cc1cc(Br)cc(-c2[nH]nc(N)c2CC(C)C)c1. The summed E-state index contributed by atoms with van der Waals surface area (Å²) < 4.78 is 1.07. The summed E-state index contributed by atoms with van der Waals surface area (Å²) in [6.45, 7) is 6.45. The van der Waals surface area contributed by atoms with Crippen LogP contribution in [0.15, 0.2) is 22.7 Å². The predicted molar refractivity (Wildman–Crippen MR) is 79.4 cm³/mol. The number of nitrogens with two attached hydrogens (primary N) is 1. The lowest BCUT2D eigenvalue weighted by Crippen LogP contribution is -1.99. The van der Waals surface area contributed by atoms with E-state index in [1.807, 2.05) is 0 Å². The van der Waals surface area contributed by atoms with Crippen LogP contribution in [0, 0.1) is 12.8 Å². The molecule has 2 rings (SSSR count). The van der Waals surface area contributed by atoms with Crippen molar-refractivity contribution >= 4 is 21.7 Å². The average Bonchev–Trinajstić information content (AvgIpc) is 2.58. The highest BCUT2D eigenvalue weighted by Crippen LogP contribution is 2.30. The van der Waals surface area contributed by atoms with Crippen LogP contribution in [0.25, 0.3) is 11.3 Å². The molecule has 1 aromatic heterocycles. The second-order valence-electron chi connectivity index (χ2n) is 5.08. The summed E-state index contributed by atoms with van der Waals surface area (Å²) in [7, 11) is 0. The van der Waals surface area contributed by atoms with Gasteiger partial charge in [-0.05, 0) is 43.0 Å². The summed E-state index contributed by atoms with van der Waals surface area (Å²) in [5.41, 5.74) is 10.4. The van der Waals surface area contributed by atoms with Crippen LogP contribution in [0.5, 0.6) is 0 Å². The molecule has 4 heteroatoms. The minimum Gasteiger partial charge on any atom is -0.382 e. The number of halogens is 1. The lowest BCUT2D eigenvalue weighted by atomic mass is 9.98. The number of aryl methyl sites for hydroxylation is 1. The van der Waals surface area contributed by atoms with E-state index in [1.54, 1.807) is 0 Å². The van der Waals surface area contributed by atoms with Gasteiger partial charge in [-0.1, -0.05) is 29.8 Å². The molecule has 2 aromatic rings. The molecule has 0 bridgehead atoms. The number of nitrogens with one attached hydrogen (secondary N) is 1. The van der Waals surface area contributed by atoms with Crippen LogP contribution >= 0.6 is 15.9 Å². The monoisotopic (exact) mass is 307 g/mol. The summed E-state index contributed by atoms with van der Waals surface area (Å²) in [6, 6.07) is 6.32. The van der Waals surface area contributed by atoms with Gasteiger partial charge in [0, 0.05) is 15.6 Å². The fourth-order valence-corrected chi connectivity index (χ4v) is 2.72. The number of aromatic nitrogens is 2. The molecular weight excluding hydrogens is 290 g/mol. The van der Waals surface area contributed by atoms with E-state index in [-0.39, 0.29) is 0 Å². The fraction of sp³-hybridized carbons (Fsp3) is 0.357. The Labute approximate surface area is 116 Å². The first-order valence-corrected chi connectivity index (χ1v) is 6.87. The Balaban J connectivity index is 2.50. The molecular formula is C14H18BrN3. The van der Waals surface area contributed by atoms with E-state index in [4.69, 9.17) is 5.73 Å². The maximum Gasteiger partial charge on any atom is 0.149 e. The van der Waals surface area contributed by atoms with Crippen LogP contribution in [0.2, 0.25) is 0 Å². The van der Waals surface area contributed by atoms with Gasteiger partial charge in [0.2, 0.25) is 0 Å². The van der Waals surface area contributed by atoms with Gasteiger partial charge in [0.15, 0.2) is 0 Å². The highest BCUT2D eigenvalue weighted by Gasteiger charge is 2.14. The van der Waals surface area contributed by atoms with Crippen LogP contribution in [0.4, 0.5) is 5.82 Å². The predicted octanol–water partition coefficient (Wildman–Crippen LogP) is 3.93. The third-order valence-electron chi connectivity index (χ3n) is 2.84.